The second kappa shape index (κ2) is 8.35. The van der Waals surface area contributed by atoms with Gasteiger partial charge in [-0.1, -0.05) is 30.3 Å². The summed E-state index contributed by atoms with van der Waals surface area (Å²) >= 11 is 0. The van der Waals surface area contributed by atoms with Gasteiger partial charge in [0.2, 0.25) is 0 Å². The van der Waals surface area contributed by atoms with Crippen molar-refractivity contribution in [1.82, 2.24) is 4.98 Å². The Morgan fingerprint density at radius 2 is 1.36 bits per heavy atom. The molecule has 0 aliphatic heterocycles. The number of ether oxygens (including phenoxy) is 1. The van der Waals surface area contributed by atoms with Crippen molar-refractivity contribution in [3.8, 4) is 22.6 Å². The van der Waals surface area contributed by atoms with Gasteiger partial charge in [-0.3, -0.25) is 4.98 Å². The van der Waals surface area contributed by atoms with Gasteiger partial charge in [-0.2, -0.15) is 0 Å². The molecule has 28 heavy (non-hydrogen) atoms. The van der Waals surface area contributed by atoms with Crippen molar-refractivity contribution < 1.29 is 9.13 Å². The molecule has 138 valence electrons. The summed E-state index contributed by atoms with van der Waals surface area (Å²) in [5, 5.41) is 3.36. The Hall–Kier alpha value is -3.66. The van der Waals surface area contributed by atoms with Gasteiger partial charge in [-0.05, 0) is 71.3 Å². The predicted molar refractivity (Wildman–Crippen MR) is 110 cm³/mol. The number of nitrogens with zero attached hydrogens (tertiary/aromatic N) is 1. The molecule has 0 saturated heterocycles. The van der Waals surface area contributed by atoms with Crippen LogP contribution < -0.4 is 10.1 Å². The summed E-state index contributed by atoms with van der Waals surface area (Å²) in [4.78, 5) is 4.11. The van der Waals surface area contributed by atoms with Crippen LogP contribution in [0.2, 0.25) is 0 Å². The lowest BCUT2D eigenvalue weighted by atomic mass is 10.1. The molecule has 0 amide bonds. The van der Waals surface area contributed by atoms with E-state index in [-0.39, 0.29) is 5.82 Å². The van der Waals surface area contributed by atoms with Crippen LogP contribution in [0.1, 0.15) is 5.56 Å². The van der Waals surface area contributed by atoms with E-state index in [1.807, 2.05) is 66.9 Å². The molecule has 3 aromatic carbocycles. The van der Waals surface area contributed by atoms with E-state index in [0.717, 1.165) is 40.4 Å². The zero-order chi connectivity index (χ0) is 19.2. The number of hydrogen-bond acceptors (Lipinski definition) is 3. The molecule has 1 N–H and O–H groups in total. The Morgan fingerprint density at radius 1 is 0.750 bits per heavy atom. The van der Waals surface area contributed by atoms with Gasteiger partial charge in [0, 0.05) is 24.6 Å². The molecule has 0 unspecified atom stereocenters. The number of anilines is 1. The van der Waals surface area contributed by atoms with Crippen molar-refractivity contribution in [2.24, 2.45) is 0 Å². The smallest absolute Gasteiger partial charge is 0.127 e. The van der Waals surface area contributed by atoms with Gasteiger partial charge in [0.25, 0.3) is 0 Å². The van der Waals surface area contributed by atoms with Crippen LogP contribution in [0.4, 0.5) is 10.1 Å². The summed E-state index contributed by atoms with van der Waals surface area (Å²) in [5.41, 5.74) is 4.13. The topological polar surface area (TPSA) is 34.1 Å². The molecule has 4 aromatic rings. The minimum atomic E-state index is -0.234. The van der Waals surface area contributed by atoms with Crippen LogP contribution in [-0.2, 0) is 6.54 Å². The van der Waals surface area contributed by atoms with E-state index in [1.165, 1.54) is 12.1 Å². The van der Waals surface area contributed by atoms with Gasteiger partial charge < -0.3 is 10.1 Å². The van der Waals surface area contributed by atoms with Crippen LogP contribution in [0.5, 0.6) is 11.5 Å². The third kappa shape index (κ3) is 4.54. The van der Waals surface area contributed by atoms with Crippen LogP contribution in [0.15, 0.2) is 97.3 Å². The SMILES string of the molecule is Fc1ccc(-c2ccc(Oc3ccc(NCc4cccnc4)cc3)cc2)cc1. The van der Waals surface area contributed by atoms with E-state index in [0.29, 0.717) is 0 Å². The Labute approximate surface area is 163 Å². The van der Waals surface area contributed by atoms with Crippen LogP contribution >= 0.6 is 0 Å². The Bertz CT molecular complexity index is 1010. The molecule has 0 fully saturated rings. The normalized spacial score (nSPS) is 10.5. The number of nitrogens with one attached hydrogen (secondary N) is 1. The molecule has 1 heterocycles. The number of halogens is 1. The lowest BCUT2D eigenvalue weighted by molar-refractivity contribution is 0.483. The van der Waals surface area contributed by atoms with Crippen molar-refractivity contribution in [2.75, 3.05) is 5.32 Å². The van der Waals surface area contributed by atoms with E-state index >= 15 is 0 Å². The fourth-order valence-electron chi connectivity index (χ4n) is 2.84. The van der Waals surface area contributed by atoms with E-state index < -0.39 is 0 Å². The highest BCUT2D eigenvalue weighted by Crippen LogP contribution is 2.27. The van der Waals surface area contributed by atoms with Gasteiger partial charge >= 0.3 is 0 Å². The number of benzene rings is 3. The number of aromatic nitrogens is 1. The van der Waals surface area contributed by atoms with Gasteiger partial charge in [-0.15, -0.1) is 0 Å². The molecule has 0 aliphatic carbocycles. The third-order valence-corrected chi connectivity index (χ3v) is 4.34. The van der Waals surface area contributed by atoms with Gasteiger partial charge in [0.15, 0.2) is 0 Å². The Morgan fingerprint density at radius 3 is 1.96 bits per heavy atom. The molecule has 3 nitrogen and oxygen atoms in total. The van der Waals surface area contributed by atoms with E-state index in [2.05, 4.69) is 10.3 Å². The molecular formula is C24H19FN2O. The van der Waals surface area contributed by atoms with Gasteiger partial charge in [0.05, 0.1) is 0 Å². The molecule has 0 radical (unpaired) electrons. The summed E-state index contributed by atoms with van der Waals surface area (Å²) in [7, 11) is 0. The maximum Gasteiger partial charge on any atom is 0.127 e. The first-order chi connectivity index (χ1) is 13.8. The minimum Gasteiger partial charge on any atom is -0.457 e. The first-order valence-corrected chi connectivity index (χ1v) is 9.03. The van der Waals surface area contributed by atoms with E-state index in [9.17, 15) is 4.39 Å². The summed E-state index contributed by atoms with van der Waals surface area (Å²) in [6.07, 6.45) is 3.61. The quantitative estimate of drug-likeness (QED) is 0.433. The maximum atomic E-state index is 13.0. The van der Waals surface area contributed by atoms with Crippen LogP contribution in [0.25, 0.3) is 11.1 Å². The van der Waals surface area contributed by atoms with Crippen molar-refractivity contribution >= 4 is 5.69 Å². The van der Waals surface area contributed by atoms with Gasteiger partial charge in [0.1, 0.15) is 17.3 Å². The fourth-order valence-corrected chi connectivity index (χ4v) is 2.84. The molecule has 0 saturated carbocycles. The number of pyridine rings is 1. The summed E-state index contributed by atoms with van der Waals surface area (Å²) in [5.74, 6) is 1.28. The Kier molecular flexibility index (Phi) is 5.29. The number of hydrogen-bond donors (Lipinski definition) is 1. The lowest BCUT2D eigenvalue weighted by Crippen LogP contribution is -1.99. The zero-order valence-electron chi connectivity index (χ0n) is 15.2. The van der Waals surface area contributed by atoms with Crippen molar-refractivity contribution in [3.05, 3.63) is 109 Å². The molecule has 4 heteroatoms. The van der Waals surface area contributed by atoms with Crippen molar-refractivity contribution in [3.63, 3.8) is 0 Å². The van der Waals surface area contributed by atoms with Crippen molar-refractivity contribution in [1.29, 1.82) is 0 Å². The first kappa shape index (κ1) is 17.7. The molecular weight excluding hydrogens is 351 g/mol. The monoisotopic (exact) mass is 370 g/mol. The second-order valence-electron chi connectivity index (χ2n) is 6.37. The predicted octanol–water partition coefficient (Wildman–Crippen LogP) is 6.29. The van der Waals surface area contributed by atoms with Crippen LogP contribution in [-0.4, -0.2) is 4.98 Å². The largest absolute Gasteiger partial charge is 0.457 e. The highest BCUT2D eigenvalue weighted by Gasteiger charge is 2.02. The average Bonchev–Trinajstić information content (AvgIpc) is 2.75. The third-order valence-electron chi connectivity index (χ3n) is 4.34. The van der Waals surface area contributed by atoms with Crippen LogP contribution in [0.3, 0.4) is 0 Å². The van der Waals surface area contributed by atoms with Crippen LogP contribution in [0, 0.1) is 5.82 Å². The lowest BCUT2D eigenvalue weighted by Gasteiger charge is -2.09. The second-order valence-corrected chi connectivity index (χ2v) is 6.37. The highest BCUT2D eigenvalue weighted by atomic mass is 19.1. The molecule has 0 spiro atoms. The standard InChI is InChI=1S/C24H19FN2O/c25-21-7-3-19(4-8-21)20-5-11-23(12-6-20)28-24-13-9-22(10-14-24)27-17-18-2-1-15-26-16-18/h1-16,27H,17H2. The Balaban J connectivity index is 1.37. The molecule has 0 atom stereocenters. The fraction of sp³-hybridized carbons (Fsp3) is 0.0417. The maximum absolute atomic E-state index is 13.0. The first-order valence-electron chi connectivity index (χ1n) is 9.03. The minimum absolute atomic E-state index is 0.234. The summed E-state index contributed by atoms with van der Waals surface area (Å²) in [6.45, 7) is 0.721. The molecule has 0 bridgehead atoms. The molecule has 1 aromatic heterocycles. The average molecular weight is 370 g/mol. The van der Waals surface area contributed by atoms with Gasteiger partial charge in [-0.25, -0.2) is 4.39 Å². The van der Waals surface area contributed by atoms with Crippen molar-refractivity contribution in [2.45, 2.75) is 6.54 Å². The number of rotatable bonds is 6. The van der Waals surface area contributed by atoms with E-state index in [4.69, 9.17) is 4.74 Å². The summed E-state index contributed by atoms with van der Waals surface area (Å²) < 4.78 is 19.0. The highest BCUT2D eigenvalue weighted by molar-refractivity contribution is 5.64. The molecule has 0 aliphatic rings. The van der Waals surface area contributed by atoms with E-state index in [1.54, 1.807) is 18.3 Å². The zero-order valence-corrected chi connectivity index (χ0v) is 15.2. The molecule has 4 rings (SSSR count). The summed E-state index contributed by atoms with van der Waals surface area (Å²) in [6, 6.07) is 26.0.